The van der Waals surface area contributed by atoms with E-state index in [1.54, 1.807) is 18.2 Å². The van der Waals surface area contributed by atoms with Gasteiger partial charge in [0.15, 0.2) is 5.78 Å². The Hall–Kier alpha value is -2.23. The third-order valence-electron chi connectivity index (χ3n) is 2.24. The van der Waals surface area contributed by atoms with Crippen LogP contribution in [0.2, 0.25) is 0 Å². The molecule has 4 nitrogen and oxygen atoms in total. The summed E-state index contributed by atoms with van der Waals surface area (Å²) < 4.78 is 0. The summed E-state index contributed by atoms with van der Waals surface area (Å²) >= 11 is 0. The number of aromatic nitrogens is 2. The Morgan fingerprint density at radius 2 is 2.19 bits per heavy atom. The van der Waals surface area contributed by atoms with Crippen molar-refractivity contribution in [3.8, 4) is 11.3 Å². The second-order valence-corrected chi connectivity index (χ2v) is 3.43. The number of aromatic amines is 1. The van der Waals surface area contributed by atoms with E-state index in [1.807, 2.05) is 6.07 Å². The van der Waals surface area contributed by atoms with E-state index in [0.717, 1.165) is 5.56 Å². The van der Waals surface area contributed by atoms with Gasteiger partial charge in [0.2, 0.25) is 0 Å². The molecule has 1 heterocycles. The Labute approximate surface area is 92.0 Å². The van der Waals surface area contributed by atoms with Crippen molar-refractivity contribution in [2.75, 3.05) is 0 Å². The molecule has 0 atom stereocenters. The molecule has 1 aromatic carbocycles. The topological polar surface area (TPSA) is 62.8 Å². The fourth-order valence-electron chi connectivity index (χ4n) is 1.40. The number of nitrogens with zero attached hydrogens (tertiary/aromatic N) is 1. The summed E-state index contributed by atoms with van der Waals surface area (Å²) in [6.07, 6.45) is 2.75. The van der Waals surface area contributed by atoms with Crippen LogP contribution in [0.5, 0.6) is 0 Å². The number of Topliss-reactive ketones (excluding diaryl/α,β-unsaturated/α-hetero) is 1. The molecule has 0 aliphatic rings. The number of nitrogens with one attached hydrogen (secondary N) is 1. The van der Waals surface area contributed by atoms with Gasteiger partial charge in [-0.3, -0.25) is 9.59 Å². The first-order valence-electron chi connectivity index (χ1n) is 4.83. The molecule has 0 amide bonds. The molecule has 0 unspecified atom stereocenters. The van der Waals surface area contributed by atoms with E-state index in [-0.39, 0.29) is 11.3 Å². The number of carbonyl (C=O) groups excluding carboxylic acids is 1. The van der Waals surface area contributed by atoms with Gasteiger partial charge in [-0.15, -0.1) is 0 Å². The van der Waals surface area contributed by atoms with Crippen molar-refractivity contribution in [3.63, 3.8) is 0 Å². The van der Waals surface area contributed by atoms with Crippen molar-refractivity contribution >= 4 is 5.78 Å². The lowest BCUT2D eigenvalue weighted by molar-refractivity contribution is 0.101. The Morgan fingerprint density at radius 3 is 2.81 bits per heavy atom. The molecule has 2 rings (SSSR count). The molecule has 0 aliphatic heterocycles. The van der Waals surface area contributed by atoms with E-state index in [1.165, 1.54) is 19.3 Å². The number of rotatable bonds is 2. The normalized spacial score (nSPS) is 10.1. The van der Waals surface area contributed by atoms with Gasteiger partial charge in [0.25, 0.3) is 5.56 Å². The Balaban J connectivity index is 2.48. The van der Waals surface area contributed by atoms with Gasteiger partial charge in [-0.05, 0) is 13.0 Å². The number of H-pyrrole nitrogens is 1. The van der Waals surface area contributed by atoms with Crippen LogP contribution in [-0.4, -0.2) is 15.8 Å². The lowest BCUT2D eigenvalue weighted by Gasteiger charge is -2.01. The lowest BCUT2D eigenvalue weighted by Crippen LogP contribution is -2.04. The highest BCUT2D eigenvalue weighted by atomic mass is 16.1. The number of hydrogen-bond donors (Lipinski definition) is 1. The second kappa shape index (κ2) is 4.10. The average molecular weight is 214 g/mol. The van der Waals surface area contributed by atoms with Crippen LogP contribution in [0.25, 0.3) is 11.3 Å². The van der Waals surface area contributed by atoms with Gasteiger partial charge in [0.05, 0.1) is 11.9 Å². The van der Waals surface area contributed by atoms with Gasteiger partial charge in [-0.25, -0.2) is 4.98 Å². The first-order valence-corrected chi connectivity index (χ1v) is 4.83. The number of ketones is 1. The van der Waals surface area contributed by atoms with Gasteiger partial charge in [-0.1, -0.05) is 18.2 Å². The highest BCUT2D eigenvalue weighted by molar-refractivity contribution is 5.95. The molecule has 80 valence electrons. The Bertz CT molecular complexity index is 567. The quantitative estimate of drug-likeness (QED) is 0.773. The van der Waals surface area contributed by atoms with Crippen LogP contribution in [-0.2, 0) is 0 Å². The van der Waals surface area contributed by atoms with Gasteiger partial charge in [0, 0.05) is 17.3 Å². The zero-order chi connectivity index (χ0) is 11.5. The summed E-state index contributed by atoms with van der Waals surface area (Å²) in [4.78, 5) is 28.6. The zero-order valence-corrected chi connectivity index (χ0v) is 8.73. The number of hydrogen-bond acceptors (Lipinski definition) is 3. The van der Waals surface area contributed by atoms with E-state index in [9.17, 15) is 9.59 Å². The van der Waals surface area contributed by atoms with Crippen molar-refractivity contribution in [2.45, 2.75) is 6.92 Å². The highest BCUT2D eigenvalue weighted by Crippen LogP contribution is 2.16. The molecule has 0 bridgehead atoms. The second-order valence-electron chi connectivity index (χ2n) is 3.43. The third kappa shape index (κ3) is 2.06. The summed E-state index contributed by atoms with van der Waals surface area (Å²) in [5, 5.41) is 0. The van der Waals surface area contributed by atoms with Crippen LogP contribution in [0.15, 0.2) is 41.5 Å². The van der Waals surface area contributed by atoms with Gasteiger partial charge >= 0.3 is 0 Å². The minimum absolute atomic E-state index is 0.00581. The molecule has 0 aliphatic carbocycles. The van der Waals surface area contributed by atoms with E-state index < -0.39 is 0 Å². The van der Waals surface area contributed by atoms with Crippen LogP contribution >= 0.6 is 0 Å². The molecule has 0 saturated carbocycles. The molecule has 4 heteroatoms. The number of carbonyl (C=O) groups is 1. The molecule has 0 radical (unpaired) electrons. The van der Waals surface area contributed by atoms with Gasteiger partial charge in [0.1, 0.15) is 0 Å². The van der Waals surface area contributed by atoms with E-state index in [0.29, 0.717) is 11.3 Å². The molecule has 2 aromatic rings. The molecule has 0 spiro atoms. The van der Waals surface area contributed by atoms with Crippen molar-refractivity contribution < 1.29 is 4.79 Å². The third-order valence-corrected chi connectivity index (χ3v) is 2.24. The van der Waals surface area contributed by atoms with Gasteiger partial charge < -0.3 is 4.98 Å². The van der Waals surface area contributed by atoms with E-state index in [2.05, 4.69) is 9.97 Å². The first-order chi connectivity index (χ1) is 7.66. The predicted octanol–water partition coefficient (Wildman–Crippen LogP) is 1.64. The monoisotopic (exact) mass is 214 g/mol. The Kier molecular flexibility index (Phi) is 2.64. The van der Waals surface area contributed by atoms with E-state index >= 15 is 0 Å². The van der Waals surface area contributed by atoms with Crippen LogP contribution < -0.4 is 5.56 Å². The SMILES string of the molecule is CC(=O)c1cccc(-c2c[nH]c(=O)cn2)c1. The molecule has 1 aromatic heterocycles. The van der Waals surface area contributed by atoms with Crippen molar-refractivity contribution in [1.29, 1.82) is 0 Å². The van der Waals surface area contributed by atoms with Crippen LogP contribution in [0, 0.1) is 0 Å². The maximum absolute atomic E-state index is 11.2. The number of benzene rings is 1. The van der Waals surface area contributed by atoms with Crippen molar-refractivity contribution in [3.05, 3.63) is 52.6 Å². The van der Waals surface area contributed by atoms with Crippen LogP contribution in [0.1, 0.15) is 17.3 Å². The average Bonchev–Trinajstić information content (AvgIpc) is 2.30. The van der Waals surface area contributed by atoms with Crippen LogP contribution in [0.4, 0.5) is 0 Å². The highest BCUT2D eigenvalue weighted by Gasteiger charge is 2.03. The van der Waals surface area contributed by atoms with Crippen molar-refractivity contribution in [1.82, 2.24) is 9.97 Å². The molecule has 16 heavy (non-hydrogen) atoms. The largest absolute Gasteiger partial charge is 0.326 e. The maximum atomic E-state index is 11.2. The lowest BCUT2D eigenvalue weighted by atomic mass is 10.1. The molecule has 1 N–H and O–H groups in total. The van der Waals surface area contributed by atoms with Gasteiger partial charge in [-0.2, -0.15) is 0 Å². The fraction of sp³-hybridized carbons (Fsp3) is 0.0833. The summed E-state index contributed by atoms with van der Waals surface area (Å²) in [7, 11) is 0. The Morgan fingerprint density at radius 1 is 1.38 bits per heavy atom. The summed E-state index contributed by atoms with van der Waals surface area (Å²) in [6.45, 7) is 1.51. The van der Waals surface area contributed by atoms with E-state index in [4.69, 9.17) is 0 Å². The predicted molar refractivity (Wildman–Crippen MR) is 60.3 cm³/mol. The molecular weight excluding hydrogens is 204 g/mol. The zero-order valence-electron chi connectivity index (χ0n) is 8.73. The summed E-state index contributed by atoms with van der Waals surface area (Å²) in [5.74, 6) is 0.00581. The smallest absolute Gasteiger partial charge is 0.266 e. The van der Waals surface area contributed by atoms with Crippen molar-refractivity contribution in [2.24, 2.45) is 0 Å². The van der Waals surface area contributed by atoms with Crippen LogP contribution in [0.3, 0.4) is 0 Å². The minimum Gasteiger partial charge on any atom is -0.326 e. The minimum atomic E-state index is -0.244. The fourth-order valence-corrected chi connectivity index (χ4v) is 1.40. The molecular formula is C12H10N2O2. The standard InChI is InChI=1S/C12H10N2O2/c1-8(15)9-3-2-4-10(5-9)11-6-14-12(16)7-13-11/h2-7H,1H3,(H,14,16). The maximum Gasteiger partial charge on any atom is 0.266 e. The summed E-state index contributed by atoms with van der Waals surface area (Å²) in [5.41, 5.74) is 1.84. The summed E-state index contributed by atoms with van der Waals surface area (Å²) in [6, 6.07) is 7.13. The molecule has 0 saturated heterocycles. The molecule has 0 fully saturated rings. The first kappa shape index (κ1) is 10.3.